The van der Waals surface area contributed by atoms with Gasteiger partial charge in [-0.05, 0) is 0 Å². The van der Waals surface area contributed by atoms with Crippen molar-refractivity contribution in [3.8, 4) is 0 Å². The molecule has 0 amide bonds. The molecule has 0 aliphatic heterocycles. The topological polar surface area (TPSA) is 165 Å². The molecule has 2 aromatic rings. The van der Waals surface area contributed by atoms with Crippen molar-refractivity contribution in [2.24, 2.45) is 14.1 Å². The van der Waals surface area contributed by atoms with E-state index in [-0.39, 0.29) is 17.3 Å². The van der Waals surface area contributed by atoms with Gasteiger partial charge in [0.1, 0.15) is 11.4 Å². The molecule has 4 N–H and O–H groups in total. The molecule has 0 fully saturated rings. The number of ether oxygens (including phenoxy) is 1. The van der Waals surface area contributed by atoms with Gasteiger partial charge in [0.2, 0.25) is 5.78 Å². The van der Waals surface area contributed by atoms with E-state index >= 15 is 0 Å². The van der Waals surface area contributed by atoms with E-state index < -0.39 is 35.2 Å². The minimum atomic E-state index is -0.978. The van der Waals surface area contributed by atoms with Crippen LogP contribution in [0.2, 0.25) is 0 Å². The van der Waals surface area contributed by atoms with Crippen LogP contribution in [-0.4, -0.2) is 37.5 Å². The Bertz CT molecular complexity index is 945. The highest BCUT2D eigenvalue weighted by molar-refractivity contribution is 6.02. The summed E-state index contributed by atoms with van der Waals surface area (Å²) in [5.74, 6) is -2.32. The van der Waals surface area contributed by atoms with Crippen molar-refractivity contribution < 1.29 is 14.3 Å². The molecule has 0 atom stereocenters. The zero-order valence-corrected chi connectivity index (χ0v) is 12.8. The second-order valence-electron chi connectivity index (χ2n) is 4.76. The number of carbonyl (C=O) groups excluding carboxylic acids is 2. The van der Waals surface area contributed by atoms with Crippen molar-refractivity contribution >= 4 is 23.4 Å². The summed E-state index contributed by atoms with van der Waals surface area (Å²) in [6, 6.07) is 0. The number of aromatic nitrogens is 4. The van der Waals surface area contributed by atoms with Gasteiger partial charge in [-0.1, -0.05) is 0 Å². The highest BCUT2D eigenvalue weighted by Crippen LogP contribution is 2.07. The highest BCUT2D eigenvalue weighted by atomic mass is 16.5. The van der Waals surface area contributed by atoms with Gasteiger partial charge < -0.3 is 16.2 Å². The smallest absolute Gasteiger partial charge is 0.361 e. The molecule has 0 radical (unpaired) electrons. The third-order valence-electron chi connectivity index (χ3n) is 3.24. The average Bonchev–Trinajstić information content (AvgIpc) is 2.56. The van der Waals surface area contributed by atoms with E-state index in [0.717, 1.165) is 9.13 Å². The molecule has 0 aliphatic rings. The minimum Gasteiger partial charge on any atom is -0.452 e. The summed E-state index contributed by atoms with van der Waals surface area (Å²) in [7, 11) is 2.51. The number of nitrogens with two attached hydrogens (primary N) is 2. The van der Waals surface area contributed by atoms with Crippen molar-refractivity contribution in [1.82, 2.24) is 19.1 Å². The first-order chi connectivity index (χ1) is 11.3. The Kier molecular flexibility index (Phi) is 4.44. The lowest BCUT2D eigenvalue weighted by atomic mass is 10.2. The second-order valence-corrected chi connectivity index (χ2v) is 4.76. The zero-order valence-electron chi connectivity index (χ0n) is 12.8. The van der Waals surface area contributed by atoms with Crippen LogP contribution < -0.4 is 22.7 Å². The van der Waals surface area contributed by atoms with Crippen molar-refractivity contribution in [3.05, 3.63) is 44.5 Å². The van der Waals surface area contributed by atoms with Crippen molar-refractivity contribution in [2.45, 2.75) is 0 Å². The van der Waals surface area contributed by atoms with E-state index in [2.05, 4.69) is 9.97 Å². The number of anilines is 2. The highest BCUT2D eigenvalue weighted by Gasteiger charge is 2.22. The third-order valence-corrected chi connectivity index (χ3v) is 3.24. The summed E-state index contributed by atoms with van der Waals surface area (Å²) in [4.78, 5) is 55.1. The third kappa shape index (κ3) is 2.86. The second kappa shape index (κ2) is 6.32. The number of carbonyl (C=O) groups is 2. The summed E-state index contributed by atoms with van der Waals surface area (Å²) in [6.45, 7) is -0.771. The number of hydrogen-bond donors (Lipinski definition) is 2. The summed E-state index contributed by atoms with van der Waals surface area (Å²) >= 11 is 0. The maximum atomic E-state index is 12.2. The van der Waals surface area contributed by atoms with Gasteiger partial charge in [0.25, 0.3) is 5.56 Å². The Hall–Kier alpha value is -3.50. The quantitative estimate of drug-likeness (QED) is 0.478. The fourth-order valence-corrected chi connectivity index (χ4v) is 1.90. The molecule has 0 saturated heterocycles. The van der Waals surface area contributed by atoms with Crippen LogP contribution in [0.15, 0.2) is 22.0 Å². The Morgan fingerprint density at radius 3 is 2.38 bits per heavy atom. The SMILES string of the molecule is Cn1c(N)c(C(=O)COC(=O)c2nccnc2N)c(=O)n(C)c1=O. The Morgan fingerprint density at radius 1 is 1.12 bits per heavy atom. The van der Waals surface area contributed by atoms with Crippen molar-refractivity contribution in [2.75, 3.05) is 18.1 Å². The largest absolute Gasteiger partial charge is 0.452 e. The van der Waals surface area contributed by atoms with Gasteiger partial charge in [0, 0.05) is 26.5 Å². The molecular weight excluding hydrogens is 320 g/mol. The van der Waals surface area contributed by atoms with E-state index in [1.807, 2.05) is 0 Å². The molecule has 2 heterocycles. The van der Waals surface area contributed by atoms with E-state index in [4.69, 9.17) is 16.2 Å². The van der Waals surface area contributed by atoms with Gasteiger partial charge in [0.05, 0.1) is 0 Å². The molecule has 11 nitrogen and oxygen atoms in total. The van der Waals surface area contributed by atoms with E-state index in [1.165, 1.54) is 26.5 Å². The molecule has 24 heavy (non-hydrogen) atoms. The van der Waals surface area contributed by atoms with Crippen molar-refractivity contribution in [1.29, 1.82) is 0 Å². The normalized spacial score (nSPS) is 10.4. The monoisotopic (exact) mass is 334 g/mol. The first-order valence-corrected chi connectivity index (χ1v) is 6.58. The lowest BCUT2D eigenvalue weighted by Gasteiger charge is -2.11. The Morgan fingerprint density at radius 2 is 1.75 bits per heavy atom. The first-order valence-electron chi connectivity index (χ1n) is 6.58. The summed E-state index contributed by atoms with van der Waals surface area (Å²) in [5.41, 5.74) is 8.85. The van der Waals surface area contributed by atoms with Crippen molar-refractivity contribution in [3.63, 3.8) is 0 Å². The van der Waals surface area contributed by atoms with Crippen LogP contribution in [0, 0.1) is 0 Å². The van der Waals surface area contributed by atoms with E-state index in [0.29, 0.717) is 0 Å². The van der Waals surface area contributed by atoms with Gasteiger partial charge in [-0.2, -0.15) is 0 Å². The molecule has 0 aliphatic carbocycles. The van der Waals surface area contributed by atoms with Crippen LogP contribution in [0.5, 0.6) is 0 Å². The molecule has 2 aromatic heterocycles. The van der Waals surface area contributed by atoms with Gasteiger partial charge in [-0.25, -0.2) is 19.6 Å². The molecule has 2 rings (SSSR count). The summed E-state index contributed by atoms with van der Waals surface area (Å²) in [6.07, 6.45) is 2.52. The summed E-state index contributed by atoms with van der Waals surface area (Å²) in [5, 5.41) is 0. The standard InChI is InChI=1S/C13H14N6O5/c1-18-10(15)7(11(21)19(2)13(18)23)6(20)5-24-12(22)8-9(14)17-4-3-16-8/h3-4H,5,15H2,1-2H3,(H2,14,17). The van der Waals surface area contributed by atoms with Crippen LogP contribution in [0.1, 0.15) is 20.8 Å². The van der Waals surface area contributed by atoms with Gasteiger partial charge in [0.15, 0.2) is 18.1 Å². The molecular formula is C13H14N6O5. The van der Waals surface area contributed by atoms with Crippen LogP contribution in [-0.2, 0) is 18.8 Å². The summed E-state index contributed by atoms with van der Waals surface area (Å²) < 4.78 is 6.45. The molecule has 0 bridgehead atoms. The van der Waals surface area contributed by atoms with E-state index in [9.17, 15) is 19.2 Å². The van der Waals surface area contributed by atoms with E-state index in [1.54, 1.807) is 0 Å². The number of hydrogen-bond acceptors (Lipinski definition) is 9. The molecule has 126 valence electrons. The van der Waals surface area contributed by atoms with Gasteiger partial charge >= 0.3 is 11.7 Å². The Labute approximate surface area is 134 Å². The van der Waals surface area contributed by atoms with Crippen LogP contribution >= 0.6 is 0 Å². The number of nitrogens with zero attached hydrogens (tertiary/aromatic N) is 4. The minimum absolute atomic E-state index is 0.160. The molecule has 0 saturated carbocycles. The lowest BCUT2D eigenvalue weighted by Crippen LogP contribution is -2.42. The maximum absolute atomic E-state index is 12.2. The van der Waals surface area contributed by atoms with Crippen LogP contribution in [0.25, 0.3) is 0 Å². The number of ketones is 1. The Balaban J connectivity index is 2.26. The fraction of sp³-hybridized carbons (Fsp3) is 0.231. The van der Waals surface area contributed by atoms with Gasteiger partial charge in [-0.3, -0.25) is 18.7 Å². The lowest BCUT2D eigenvalue weighted by molar-refractivity contribution is 0.0469. The fourth-order valence-electron chi connectivity index (χ4n) is 1.90. The average molecular weight is 334 g/mol. The van der Waals surface area contributed by atoms with Gasteiger partial charge in [-0.15, -0.1) is 0 Å². The zero-order chi connectivity index (χ0) is 18.0. The number of esters is 1. The first kappa shape index (κ1) is 16.9. The molecule has 0 aromatic carbocycles. The number of nitrogen functional groups attached to an aromatic ring is 2. The number of rotatable bonds is 4. The van der Waals surface area contributed by atoms with Crippen LogP contribution in [0.3, 0.4) is 0 Å². The molecule has 11 heteroatoms. The number of Topliss-reactive ketones (excluding diaryl/α,β-unsaturated/α-hetero) is 1. The predicted octanol–water partition coefficient (Wildman–Crippen LogP) is -1.92. The van der Waals surface area contributed by atoms with Crippen LogP contribution in [0.4, 0.5) is 11.6 Å². The molecule has 0 spiro atoms. The maximum Gasteiger partial charge on any atom is 0.361 e. The predicted molar refractivity (Wildman–Crippen MR) is 82.4 cm³/mol. The molecule has 0 unspecified atom stereocenters.